The van der Waals surface area contributed by atoms with Crippen molar-refractivity contribution in [1.29, 1.82) is 0 Å². The third-order valence-corrected chi connectivity index (χ3v) is 9.89. The van der Waals surface area contributed by atoms with E-state index in [4.69, 9.17) is 9.47 Å². The van der Waals surface area contributed by atoms with Gasteiger partial charge < -0.3 is 20.1 Å². The van der Waals surface area contributed by atoms with Crippen LogP contribution in [0, 0.1) is 0 Å². The van der Waals surface area contributed by atoms with E-state index in [1.807, 2.05) is 24.3 Å². The van der Waals surface area contributed by atoms with E-state index in [9.17, 15) is 26.4 Å². The lowest BCUT2D eigenvalue weighted by atomic mass is 10.1. The molecule has 5 aromatic rings. The Labute approximate surface area is 309 Å². The average molecular weight is 757 g/mol. The number of nitrogens with one attached hydrogen (secondary N) is 4. The lowest BCUT2D eigenvalue weighted by molar-refractivity contribution is 0.101. The number of methoxy groups -OCH3 is 1. The second-order valence-electron chi connectivity index (χ2n) is 12.0. The third-order valence-electron chi connectivity index (χ3n) is 7.91. The van der Waals surface area contributed by atoms with E-state index in [1.54, 1.807) is 73.8 Å². The van der Waals surface area contributed by atoms with Gasteiger partial charge in [0.1, 0.15) is 5.75 Å². The molecule has 0 fully saturated rings. The molecule has 12 nitrogen and oxygen atoms in total. The Morgan fingerprint density at radius 3 is 1.58 bits per heavy atom. The van der Waals surface area contributed by atoms with Gasteiger partial charge >= 0.3 is 0 Å². The van der Waals surface area contributed by atoms with E-state index in [1.165, 1.54) is 30.3 Å². The highest BCUT2D eigenvalue weighted by Gasteiger charge is 2.19. The van der Waals surface area contributed by atoms with Crippen LogP contribution in [0.3, 0.4) is 0 Å². The summed E-state index contributed by atoms with van der Waals surface area (Å²) in [7, 11) is -5.94. The SMILES string of the molecule is COCCc1ccc(NC(=O)c2ccccc2NS(=O)(=O)c2ccc(OCCCc3ccc(NC(=O)c4ccccc4NS(C)(=O)=O)cc3)cc2)cc1. The maximum absolute atomic E-state index is 13.3. The third kappa shape index (κ3) is 11.4. The molecule has 53 heavy (non-hydrogen) atoms. The van der Waals surface area contributed by atoms with Crippen LogP contribution in [0.4, 0.5) is 22.7 Å². The van der Waals surface area contributed by atoms with Gasteiger partial charge in [-0.25, -0.2) is 16.8 Å². The van der Waals surface area contributed by atoms with E-state index < -0.39 is 31.9 Å². The number of hydrogen-bond acceptors (Lipinski definition) is 8. The predicted molar refractivity (Wildman–Crippen MR) is 207 cm³/mol. The largest absolute Gasteiger partial charge is 0.494 e. The van der Waals surface area contributed by atoms with Gasteiger partial charge in [-0.3, -0.25) is 19.0 Å². The van der Waals surface area contributed by atoms with Gasteiger partial charge in [0.05, 0.1) is 46.9 Å². The molecule has 276 valence electrons. The Morgan fingerprint density at radius 2 is 1.08 bits per heavy atom. The Morgan fingerprint density at radius 1 is 0.585 bits per heavy atom. The number of anilines is 4. The minimum atomic E-state index is -4.02. The van der Waals surface area contributed by atoms with Crippen LogP contribution in [-0.4, -0.2) is 55.2 Å². The molecule has 0 unspecified atom stereocenters. The van der Waals surface area contributed by atoms with Crippen molar-refractivity contribution in [1.82, 2.24) is 0 Å². The van der Waals surface area contributed by atoms with Crippen LogP contribution in [0.5, 0.6) is 5.75 Å². The van der Waals surface area contributed by atoms with E-state index in [0.29, 0.717) is 43.2 Å². The number of rotatable bonds is 17. The van der Waals surface area contributed by atoms with E-state index in [0.717, 1.165) is 23.8 Å². The van der Waals surface area contributed by atoms with Gasteiger partial charge in [0, 0.05) is 18.5 Å². The Kier molecular flexibility index (Phi) is 12.9. The number of carbonyl (C=O) groups is 2. The number of hydrogen-bond donors (Lipinski definition) is 4. The lowest BCUT2D eigenvalue weighted by Crippen LogP contribution is -2.18. The van der Waals surface area contributed by atoms with Crippen molar-refractivity contribution in [2.24, 2.45) is 0 Å². The minimum Gasteiger partial charge on any atom is -0.494 e. The van der Waals surface area contributed by atoms with Gasteiger partial charge in [0.25, 0.3) is 21.8 Å². The van der Waals surface area contributed by atoms with E-state index in [-0.39, 0.29) is 27.4 Å². The number of carbonyl (C=O) groups excluding carboxylic acids is 2. The second kappa shape index (κ2) is 17.7. The van der Waals surface area contributed by atoms with Crippen molar-refractivity contribution in [3.8, 4) is 5.75 Å². The maximum Gasteiger partial charge on any atom is 0.261 e. The van der Waals surface area contributed by atoms with Crippen LogP contribution >= 0.6 is 0 Å². The van der Waals surface area contributed by atoms with E-state index in [2.05, 4.69) is 20.1 Å². The molecule has 0 saturated heterocycles. The van der Waals surface area contributed by atoms with Crippen LogP contribution < -0.4 is 24.8 Å². The number of aryl methyl sites for hydroxylation is 1. The summed E-state index contributed by atoms with van der Waals surface area (Å²) >= 11 is 0. The van der Waals surface area contributed by atoms with Crippen molar-refractivity contribution in [3.63, 3.8) is 0 Å². The molecule has 0 aliphatic carbocycles. The summed E-state index contributed by atoms with van der Waals surface area (Å²) in [6.45, 7) is 0.971. The molecule has 0 aliphatic rings. The standard InChI is InChI=1S/C39H40N4O8S2/c1-50-27-25-29-15-19-31(20-16-29)41-39(45)35-10-4-6-12-37(35)43-53(48,49)33-23-21-32(22-24-33)51-26-7-8-28-13-17-30(18-14-28)40-38(44)34-9-3-5-11-36(34)42-52(2,46)47/h3-6,9-24,42-43H,7-8,25-27H2,1-2H3,(H,40,44)(H,41,45). The van der Waals surface area contributed by atoms with Crippen LogP contribution in [0.1, 0.15) is 38.3 Å². The number of benzene rings is 5. The summed E-state index contributed by atoms with van der Waals surface area (Å²) in [4.78, 5) is 25.9. The first-order chi connectivity index (χ1) is 25.4. The van der Waals surface area contributed by atoms with Gasteiger partial charge in [0.2, 0.25) is 10.0 Å². The van der Waals surface area contributed by atoms with Crippen molar-refractivity contribution in [2.75, 3.05) is 46.7 Å². The quantitative estimate of drug-likeness (QED) is 0.0774. The lowest BCUT2D eigenvalue weighted by Gasteiger charge is -2.13. The molecule has 0 bridgehead atoms. The topological polar surface area (TPSA) is 169 Å². The van der Waals surface area contributed by atoms with Crippen molar-refractivity contribution >= 4 is 54.6 Å². The fraction of sp³-hybridized carbons (Fsp3) is 0.179. The summed E-state index contributed by atoms with van der Waals surface area (Å²) in [5.74, 6) is -0.403. The number of ether oxygens (including phenoxy) is 2. The predicted octanol–water partition coefficient (Wildman–Crippen LogP) is 6.56. The van der Waals surface area contributed by atoms with Gasteiger partial charge in [-0.15, -0.1) is 0 Å². The average Bonchev–Trinajstić information content (AvgIpc) is 3.13. The Balaban J connectivity index is 1.10. The molecule has 14 heteroatoms. The minimum absolute atomic E-state index is 0.00837. The molecular formula is C39H40N4O8S2. The zero-order valence-electron chi connectivity index (χ0n) is 29.2. The van der Waals surface area contributed by atoms with Crippen LogP contribution in [0.25, 0.3) is 0 Å². The normalized spacial score (nSPS) is 11.4. The van der Waals surface area contributed by atoms with Crippen LogP contribution in [0.15, 0.2) is 126 Å². The fourth-order valence-electron chi connectivity index (χ4n) is 5.25. The summed E-state index contributed by atoms with van der Waals surface area (Å²) in [5, 5.41) is 5.60. The van der Waals surface area contributed by atoms with Crippen LogP contribution in [0.2, 0.25) is 0 Å². The van der Waals surface area contributed by atoms with Gasteiger partial charge in [-0.2, -0.15) is 0 Å². The molecule has 0 saturated carbocycles. The summed E-state index contributed by atoms with van der Waals surface area (Å²) in [5.41, 5.74) is 3.92. The van der Waals surface area contributed by atoms with Crippen molar-refractivity contribution in [3.05, 3.63) is 144 Å². The maximum atomic E-state index is 13.3. The summed E-state index contributed by atoms with van der Waals surface area (Å²) in [6.07, 6.45) is 3.14. The number of para-hydroxylation sites is 2. The summed E-state index contributed by atoms with van der Waals surface area (Å²) < 4.78 is 65.7. The van der Waals surface area contributed by atoms with Gasteiger partial charge in [-0.1, -0.05) is 48.5 Å². The molecular weight excluding hydrogens is 717 g/mol. The monoisotopic (exact) mass is 756 g/mol. The first kappa shape index (κ1) is 38.5. The first-order valence-electron chi connectivity index (χ1n) is 16.6. The highest BCUT2D eigenvalue weighted by atomic mass is 32.2. The van der Waals surface area contributed by atoms with Crippen molar-refractivity contribution in [2.45, 2.75) is 24.2 Å². The van der Waals surface area contributed by atoms with Crippen LogP contribution in [-0.2, 0) is 37.6 Å². The summed E-state index contributed by atoms with van der Waals surface area (Å²) in [6, 6.07) is 33.4. The number of sulfonamides is 2. The molecule has 0 radical (unpaired) electrons. The highest BCUT2D eigenvalue weighted by molar-refractivity contribution is 7.92. The molecule has 0 heterocycles. The second-order valence-corrected chi connectivity index (χ2v) is 15.5. The molecule has 2 amide bonds. The fourth-order valence-corrected chi connectivity index (χ4v) is 6.91. The molecule has 5 rings (SSSR count). The zero-order chi connectivity index (χ0) is 37.8. The smallest absolute Gasteiger partial charge is 0.261 e. The molecule has 0 aliphatic heterocycles. The molecule has 0 spiro atoms. The molecule has 0 atom stereocenters. The first-order valence-corrected chi connectivity index (χ1v) is 20.0. The van der Waals surface area contributed by atoms with E-state index >= 15 is 0 Å². The number of amides is 2. The molecule has 0 aromatic heterocycles. The Bertz CT molecular complexity index is 2240. The molecule has 5 aromatic carbocycles. The zero-order valence-corrected chi connectivity index (χ0v) is 30.8. The van der Waals surface area contributed by atoms with Gasteiger partial charge in [0.15, 0.2) is 0 Å². The highest BCUT2D eigenvalue weighted by Crippen LogP contribution is 2.24. The Hall–Kier alpha value is -5.70. The van der Waals surface area contributed by atoms with Gasteiger partial charge in [-0.05, 0) is 103 Å². The van der Waals surface area contributed by atoms with Crippen molar-refractivity contribution < 1.29 is 35.9 Å². The molecule has 4 N–H and O–H groups in total.